The number of carbonyl (C=O) groups excluding carboxylic acids is 1. The summed E-state index contributed by atoms with van der Waals surface area (Å²) in [5.74, 6) is 3.38. The molecule has 0 aliphatic carbocycles. The molecular formula is C20H21F3N4O2. The normalized spacial score (nSPS) is 10.7. The Morgan fingerprint density at radius 3 is 2.41 bits per heavy atom. The number of nitrogens with zero attached hydrogens (tertiary/aromatic N) is 1. The quantitative estimate of drug-likeness (QED) is 0.442. The minimum absolute atomic E-state index is 0.213. The zero-order chi connectivity index (χ0) is 21.1. The summed E-state index contributed by atoms with van der Waals surface area (Å²) in [6.07, 6.45) is 2.12. The van der Waals surface area contributed by atoms with Crippen LogP contribution < -0.4 is 20.7 Å². The molecule has 1 aromatic heterocycles. The summed E-state index contributed by atoms with van der Waals surface area (Å²) in [5, 5.41) is 8.21. The van der Waals surface area contributed by atoms with Gasteiger partial charge in [0.2, 0.25) is 0 Å². The summed E-state index contributed by atoms with van der Waals surface area (Å²) in [7, 11) is 0. The van der Waals surface area contributed by atoms with E-state index in [1.807, 2.05) is 24.3 Å². The first-order chi connectivity index (χ1) is 13.9. The van der Waals surface area contributed by atoms with E-state index in [1.54, 1.807) is 0 Å². The first kappa shape index (κ1) is 21.9. The van der Waals surface area contributed by atoms with Crippen molar-refractivity contribution in [3.8, 4) is 18.1 Å². The number of nitrogens with one attached hydrogen (secondary N) is 3. The van der Waals surface area contributed by atoms with Crippen molar-refractivity contribution in [2.24, 2.45) is 0 Å². The molecule has 2 amide bonds. The third kappa shape index (κ3) is 8.01. The van der Waals surface area contributed by atoms with Gasteiger partial charge in [0.25, 0.3) is 0 Å². The Morgan fingerprint density at radius 2 is 1.79 bits per heavy atom. The van der Waals surface area contributed by atoms with E-state index in [0.29, 0.717) is 31.1 Å². The van der Waals surface area contributed by atoms with E-state index < -0.39 is 11.7 Å². The Balaban J connectivity index is 1.59. The van der Waals surface area contributed by atoms with Gasteiger partial charge >= 0.3 is 12.2 Å². The number of halogens is 3. The van der Waals surface area contributed by atoms with E-state index in [4.69, 9.17) is 11.2 Å². The number of hydrogen-bond acceptors (Lipinski definition) is 4. The van der Waals surface area contributed by atoms with Crippen LogP contribution in [0.3, 0.4) is 0 Å². The Morgan fingerprint density at radius 1 is 1.07 bits per heavy atom. The molecule has 1 aromatic carbocycles. The molecule has 1 heterocycles. The molecule has 0 fully saturated rings. The van der Waals surface area contributed by atoms with E-state index in [1.165, 1.54) is 6.07 Å². The summed E-state index contributed by atoms with van der Waals surface area (Å²) in [6, 6.07) is 9.27. The molecule has 2 rings (SSSR count). The van der Waals surface area contributed by atoms with Gasteiger partial charge in [-0.2, -0.15) is 13.2 Å². The number of hydrogen-bond donors (Lipinski definition) is 3. The number of ether oxygens (including phenoxy) is 1. The lowest BCUT2D eigenvalue weighted by Crippen LogP contribution is -2.38. The van der Waals surface area contributed by atoms with Gasteiger partial charge in [-0.15, -0.1) is 6.42 Å². The molecule has 0 saturated heterocycles. The molecule has 154 valence electrons. The highest BCUT2D eigenvalue weighted by molar-refractivity contribution is 5.73. The van der Waals surface area contributed by atoms with E-state index >= 15 is 0 Å². The van der Waals surface area contributed by atoms with Crippen molar-refractivity contribution in [2.45, 2.75) is 12.6 Å². The highest BCUT2D eigenvalue weighted by Gasteiger charge is 2.30. The monoisotopic (exact) mass is 406 g/mol. The Hall–Kier alpha value is -3.41. The van der Waals surface area contributed by atoms with Gasteiger partial charge < -0.3 is 20.7 Å². The highest BCUT2D eigenvalue weighted by atomic mass is 19.4. The van der Waals surface area contributed by atoms with Gasteiger partial charge in [0, 0.05) is 25.8 Å². The van der Waals surface area contributed by atoms with E-state index in [9.17, 15) is 18.0 Å². The number of rotatable bonds is 9. The minimum atomic E-state index is -4.41. The molecule has 0 spiro atoms. The molecule has 0 saturated carbocycles. The number of pyridine rings is 1. The van der Waals surface area contributed by atoms with E-state index in [-0.39, 0.29) is 19.2 Å². The summed E-state index contributed by atoms with van der Waals surface area (Å²) in [6.45, 7) is 1.27. The second kappa shape index (κ2) is 10.8. The number of urea groups is 1. The van der Waals surface area contributed by atoms with Crippen LogP contribution in [0.4, 0.5) is 23.8 Å². The van der Waals surface area contributed by atoms with Crippen molar-refractivity contribution in [3.63, 3.8) is 0 Å². The maximum absolute atomic E-state index is 12.5. The van der Waals surface area contributed by atoms with Gasteiger partial charge in [0.05, 0.1) is 5.56 Å². The van der Waals surface area contributed by atoms with Crippen molar-refractivity contribution < 1.29 is 22.7 Å². The number of aromatic nitrogens is 1. The minimum Gasteiger partial charge on any atom is -0.481 e. The summed E-state index contributed by atoms with van der Waals surface area (Å²) in [4.78, 5) is 15.4. The van der Waals surface area contributed by atoms with Gasteiger partial charge in [0.15, 0.2) is 0 Å². The van der Waals surface area contributed by atoms with Crippen molar-refractivity contribution in [1.82, 2.24) is 15.6 Å². The number of amides is 2. The molecule has 0 bridgehead atoms. The number of terminal acetylenes is 1. The van der Waals surface area contributed by atoms with Crippen LogP contribution in [0.1, 0.15) is 11.1 Å². The maximum atomic E-state index is 12.5. The molecule has 6 nitrogen and oxygen atoms in total. The number of benzene rings is 1. The number of anilines is 1. The zero-order valence-corrected chi connectivity index (χ0v) is 15.6. The second-order valence-electron chi connectivity index (χ2n) is 5.93. The molecule has 0 radical (unpaired) electrons. The second-order valence-corrected chi connectivity index (χ2v) is 5.93. The largest absolute Gasteiger partial charge is 0.481 e. The van der Waals surface area contributed by atoms with Crippen molar-refractivity contribution in [2.75, 3.05) is 31.6 Å². The first-order valence-electron chi connectivity index (χ1n) is 8.82. The van der Waals surface area contributed by atoms with Gasteiger partial charge in [0.1, 0.15) is 18.2 Å². The van der Waals surface area contributed by atoms with Crippen LogP contribution >= 0.6 is 0 Å². The number of carbonyl (C=O) groups is 1. The fraction of sp³-hybridized carbons (Fsp3) is 0.300. The van der Waals surface area contributed by atoms with Crippen molar-refractivity contribution in [1.29, 1.82) is 0 Å². The van der Waals surface area contributed by atoms with Crippen LogP contribution in [-0.2, 0) is 12.6 Å². The van der Waals surface area contributed by atoms with Crippen LogP contribution in [-0.4, -0.2) is 37.3 Å². The van der Waals surface area contributed by atoms with Crippen LogP contribution in [0, 0.1) is 12.3 Å². The smallest absolute Gasteiger partial charge is 0.417 e. The average Bonchev–Trinajstić information content (AvgIpc) is 2.70. The van der Waals surface area contributed by atoms with Gasteiger partial charge in [-0.05, 0) is 36.2 Å². The fourth-order valence-corrected chi connectivity index (χ4v) is 2.29. The van der Waals surface area contributed by atoms with Crippen LogP contribution in [0.15, 0.2) is 42.6 Å². The SMILES string of the molecule is C#CCOc1ccc(CCNC(=O)NCCNc2ccc(C(F)(F)F)cn2)cc1. The fourth-order valence-electron chi connectivity index (χ4n) is 2.29. The van der Waals surface area contributed by atoms with Crippen LogP contribution in [0.5, 0.6) is 5.75 Å². The molecule has 29 heavy (non-hydrogen) atoms. The standard InChI is InChI=1S/C20H21F3N4O2/c1-2-13-29-17-6-3-15(4-7-17)9-10-25-19(28)26-12-11-24-18-8-5-16(14-27-18)20(21,22)23/h1,3-8,14H,9-13H2,(H,24,27)(H2,25,26,28). The lowest BCUT2D eigenvalue weighted by atomic mass is 10.1. The van der Waals surface area contributed by atoms with Crippen molar-refractivity contribution in [3.05, 3.63) is 53.7 Å². The summed E-state index contributed by atoms with van der Waals surface area (Å²) in [5.41, 5.74) is 0.226. The predicted molar refractivity (Wildman–Crippen MR) is 104 cm³/mol. The average molecular weight is 406 g/mol. The van der Waals surface area contributed by atoms with Gasteiger partial charge in [-0.25, -0.2) is 9.78 Å². The molecule has 0 unspecified atom stereocenters. The zero-order valence-electron chi connectivity index (χ0n) is 15.6. The van der Waals surface area contributed by atoms with E-state index in [0.717, 1.165) is 17.8 Å². The third-order valence-electron chi connectivity index (χ3n) is 3.75. The molecule has 0 aliphatic heterocycles. The molecule has 2 aromatic rings. The lowest BCUT2D eigenvalue weighted by molar-refractivity contribution is -0.137. The Labute approximate surface area is 166 Å². The van der Waals surface area contributed by atoms with Gasteiger partial charge in [-0.1, -0.05) is 18.1 Å². The first-order valence-corrected chi connectivity index (χ1v) is 8.82. The Kier molecular flexibility index (Phi) is 8.15. The molecule has 3 N–H and O–H groups in total. The van der Waals surface area contributed by atoms with E-state index in [2.05, 4.69) is 26.9 Å². The topological polar surface area (TPSA) is 75.3 Å². The molecule has 9 heteroatoms. The summed E-state index contributed by atoms with van der Waals surface area (Å²) >= 11 is 0. The highest BCUT2D eigenvalue weighted by Crippen LogP contribution is 2.28. The van der Waals surface area contributed by atoms with Crippen LogP contribution in [0.25, 0.3) is 0 Å². The predicted octanol–water partition coefficient (Wildman–Crippen LogP) is 3.07. The third-order valence-corrected chi connectivity index (χ3v) is 3.75. The van der Waals surface area contributed by atoms with Gasteiger partial charge in [-0.3, -0.25) is 0 Å². The van der Waals surface area contributed by atoms with Crippen LogP contribution in [0.2, 0.25) is 0 Å². The van der Waals surface area contributed by atoms with Crippen molar-refractivity contribution >= 4 is 11.8 Å². The Bertz CT molecular complexity index is 816. The summed E-state index contributed by atoms with van der Waals surface area (Å²) < 4.78 is 42.7. The number of alkyl halides is 3. The molecule has 0 aliphatic rings. The maximum Gasteiger partial charge on any atom is 0.417 e. The lowest BCUT2D eigenvalue weighted by Gasteiger charge is -2.10. The molecular weight excluding hydrogens is 385 g/mol. The molecule has 0 atom stereocenters.